The van der Waals surface area contributed by atoms with E-state index >= 15 is 0 Å². The molecule has 0 atom stereocenters. The molecule has 0 bridgehead atoms. The minimum atomic E-state index is -0.236. The Morgan fingerprint density at radius 3 is 2.61 bits per heavy atom. The number of methoxy groups -OCH3 is 1. The van der Waals surface area contributed by atoms with Gasteiger partial charge >= 0.3 is 0 Å². The van der Waals surface area contributed by atoms with Gasteiger partial charge < -0.3 is 19.2 Å². The first kappa shape index (κ1) is 20.8. The van der Waals surface area contributed by atoms with Crippen molar-refractivity contribution in [2.24, 2.45) is 7.05 Å². The van der Waals surface area contributed by atoms with Gasteiger partial charge in [-0.15, -0.1) is 0 Å². The van der Waals surface area contributed by atoms with Crippen LogP contribution in [0.1, 0.15) is 17.1 Å². The molecule has 0 radical (unpaired) electrons. The zero-order valence-corrected chi connectivity index (χ0v) is 18.7. The SMILES string of the molecule is COc1cc(Nc2cccc3c2nc(Cc2ccc(F)cc2)n3C)ccc1-n1cnc(C)c1. The summed E-state index contributed by atoms with van der Waals surface area (Å²) in [4.78, 5) is 9.20. The Balaban J connectivity index is 1.47. The minimum Gasteiger partial charge on any atom is -0.494 e. The van der Waals surface area contributed by atoms with Crippen molar-refractivity contribution in [2.45, 2.75) is 13.3 Å². The third-order valence-corrected chi connectivity index (χ3v) is 5.73. The Kier molecular flexibility index (Phi) is 5.30. The first-order valence-corrected chi connectivity index (χ1v) is 10.7. The summed E-state index contributed by atoms with van der Waals surface area (Å²) in [6.07, 6.45) is 4.36. The molecular formula is C26H24FN5O. The highest BCUT2D eigenvalue weighted by atomic mass is 19.1. The zero-order valence-electron chi connectivity index (χ0n) is 18.7. The lowest BCUT2D eigenvalue weighted by Gasteiger charge is -2.13. The first-order valence-electron chi connectivity index (χ1n) is 10.7. The fourth-order valence-corrected chi connectivity index (χ4v) is 3.98. The maximum atomic E-state index is 13.3. The van der Waals surface area contributed by atoms with Crippen LogP contribution >= 0.6 is 0 Å². The number of hydrogen-bond acceptors (Lipinski definition) is 4. The van der Waals surface area contributed by atoms with Gasteiger partial charge in [0, 0.05) is 31.4 Å². The number of ether oxygens (including phenoxy) is 1. The summed E-state index contributed by atoms with van der Waals surface area (Å²) >= 11 is 0. The van der Waals surface area contributed by atoms with Crippen molar-refractivity contribution >= 4 is 22.4 Å². The second-order valence-corrected chi connectivity index (χ2v) is 8.00. The van der Waals surface area contributed by atoms with Crippen LogP contribution in [0.25, 0.3) is 16.7 Å². The van der Waals surface area contributed by atoms with E-state index in [0.717, 1.165) is 50.9 Å². The quantitative estimate of drug-likeness (QED) is 0.375. The molecule has 3 aromatic carbocycles. The van der Waals surface area contributed by atoms with Gasteiger partial charge in [-0.3, -0.25) is 0 Å². The van der Waals surface area contributed by atoms with Crippen LogP contribution < -0.4 is 10.1 Å². The fourth-order valence-electron chi connectivity index (χ4n) is 3.98. The Labute approximate surface area is 191 Å². The van der Waals surface area contributed by atoms with E-state index in [1.165, 1.54) is 12.1 Å². The van der Waals surface area contributed by atoms with Crippen LogP contribution in [0.15, 0.2) is 73.2 Å². The van der Waals surface area contributed by atoms with Gasteiger partial charge in [-0.05, 0) is 48.9 Å². The molecular weight excluding hydrogens is 417 g/mol. The van der Waals surface area contributed by atoms with Crippen molar-refractivity contribution in [1.82, 2.24) is 19.1 Å². The molecule has 0 spiro atoms. The highest BCUT2D eigenvalue weighted by Crippen LogP contribution is 2.31. The fraction of sp³-hybridized carbons (Fsp3) is 0.154. The molecule has 0 amide bonds. The predicted molar refractivity (Wildman–Crippen MR) is 128 cm³/mol. The van der Waals surface area contributed by atoms with Crippen molar-refractivity contribution in [1.29, 1.82) is 0 Å². The number of hydrogen-bond donors (Lipinski definition) is 1. The van der Waals surface area contributed by atoms with Gasteiger partial charge in [-0.1, -0.05) is 18.2 Å². The monoisotopic (exact) mass is 441 g/mol. The molecule has 33 heavy (non-hydrogen) atoms. The number of rotatable bonds is 6. The summed E-state index contributed by atoms with van der Waals surface area (Å²) in [5.74, 6) is 1.41. The molecule has 0 aliphatic heterocycles. The molecule has 0 saturated heterocycles. The molecule has 2 aromatic heterocycles. The van der Waals surface area contributed by atoms with Crippen molar-refractivity contribution in [3.05, 3.63) is 96.1 Å². The van der Waals surface area contributed by atoms with Crippen molar-refractivity contribution < 1.29 is 9.13 Å². The van der Waals surface area contributed by atoms with E-state index in [0.29, 0.717) is 6.42 Å². The van der Waals surface area contributed by atoms with Crippen molar-refractivity contribution in [3.8, 4) is 11.4 Å². The number of halogens is 1. The Morgan fingerprint density at radius 2 is 1.88 bits per heavy atom. The van der Waals surface area contributed by atoms with Gasteiger partial charge in [0.15, 0.2) is 0 Å². The molecule has 2 heterocycles. The second-order valence-electron chi connectivity index (χ2n) is 8.00. The van der Waals surface area contributed by atoms with Gasteiger partial charge in [0.05, 0.1) is 36.0 Å². The number of nitrogens with one attached hydrogen (secondary N) is 1. The molecule has 7 heteroatoms. The average Bonchev–Trinajstić information content (AvgIpc) is 3.39. The number of aromatic nitrogens is 4. The molecule has 1 N–H and O–H groups in total. The van der Waals surface area contributed by atoms with E-state index in [-0.39, 0.29) is 5.82 Å². The van der Waals surface area contributed by atoms with Crippen LogP contribution in [0.3, 0.4) is 0 Å². The van der Waals surface area contributed by atoms with Gasteiger partial charge in [0.2, 0.25) is 0 Å². The van der Waals surface area contributed by atoms with Gasteiger partial charge in [0.1, 0.15) is 22.9 Å². The predicted octanol–water partition coefficient (Wildman–Crippen LogP) is 5.55. The van der Waals surface area contributed by atoms with Crippen LogP contribution in [0.5, 0.6) is 5.75 Å². The number of aryl methyl sites for hydroxylation is 2. The van der Waals surface area contributed by atoms with Gasteiger partial charge in [-0.2, -0.15) is 0 Å². The second kappa shape index (κ2) is 8.43. The molecule has 166 valence electrons. The summed E-state index contributed by atoms with van der Waals surface area (Å²) in [6.45, 7) is 1.96. The Hall–Kier alpha value is -4.13. The van der Waals surface area contributed by atoms with Gasteiger partial charge in [-0.25, -0.2) is 14.4 Å². The number of imidazole rings is 2. The third-order valence-electron chi connectivity index (χ3n) is 5.73. The smallest absolute Gasteiger partial charge is 0.144 e. The van der Waals surface area contributed by atoms with Gasteiger partial charge in [0.25, 0.3) is 0 Å². The van der Waals surface area contributed by atoms with Crippen LogP contribution in [0.2, 0.25) is 0 Å². The van der Waals surface area contributed by atoms with Crippen LogP contribution in [-0.2, 0) is 13.5 Å². The molecule has 0 fully saturated rings. The van der Waals surface area contributed by atoms with Crippen molar-refractivity contribution in [3.63, 3.8) is 0 Å². The van der Waals surface area contributed by atoms with E-state index < -0.39 is 0 Å². The maximum Gasteiger partial charge on any atom is 0.144 e. The average molecular weight is 442 g/mol. The topological polar surface area (TPSA) is 56.9 Å². The van der Waals surface area contributed by atoms with Crippen LogP contribution in [0.4, 0.5) is 15.8 Å². The summed E-state index contributed by atoms with van der Waals surface area (Å²) in [5.41, 5.74) is 6.57. The van der Waals surface area contributed by atoms with E-state index in [1.54, 1.807) is 25.6 Å². The summed E-state index contributed by atoms with van der Waals surface area (Å²) in [5, 5.41) is 3.49. The molecule has 0 aliphatic carbocycles. The number of fused-ring (bicyclic) bond motifs is 1. The molecule has 6 nitrogen and oxygen atoms in total. The van der Waals surface area contributed by atoms with E-state index in [4.69, 9.17) is 9.72 Å². The molecule has 5 rings (SSSR count). The lowest BCUT2D eigenvalue weighted by atomic mass is 10.1. The standard InChI is InChI=1S/C26H24FN5O/c1-17-15-32(16-28-17)22-12-11-20(14-24(22)33-3)29-21-5-4-6-23-26(21)30-25(31(23)2)13-18-7-9-19(27)10-8-18/h4-12,14-16,29H,13H2,1-3H3. The molecule has 0 aliphatic rings. The summed E-state index contributed by atoms with van der Waals surface area (Å²) < 4.78 is 22.9. The minimum absolute atomic E-state index is 0.236. The maximum absolute atomic E-state index is 13.3. The van der Waals surface area contributed by atoms with Crippen molar-refractivity contribution in [2.75, 3.05) is 12.4 Å². The van der Waals surface area contributed by atoms with Crippen LogP contribution in [-0.4, -0.2) is 26.2 Å². The number of benzene rings is 3. The Morgan fingerprint density at radius 1 is 1.06 bits per heavy atom. The third kappa shape index (κ3) is 4.05. The molecule has 5 aromatic rings. The van der Waals surface area contributed by atoms with Crippen LogP contribution in [0, 0.1) is 12.7 Å². The largest absolute Gasteiger partial charge is 0.494 e. The van der Waals surface area contributed by atoms with E-state index in [1.807, 2.05) is 61.1 Å². The summed E-state index contributed by atoms with van der Waals surface area (Å²) in [7, 11) is 3.66. The first-order chi connectivity index (χ1) is 16.0. The zero-order chi connectivity index (χ0) is 22.9. The number of anilines is 2. The van der Waals surface area contributed by atoms with E-state index in [2.05, 4.69) is 14.9 Å². The lowest BCUT2D eigenvalue weighted by molar-refractivity contribution is 0.413. The highest BCUT2D eigenvalue weighted by molar-refractivity contribution is 5.91. The van der Waals surface area contributed by atoms with E-state index in [9.17, 15) is 4.39 Å². The number of para-hydroxylation sites is 1. The highest BCUT2D eigenvalue weighted by Gasteiger charge is 2.13. The molecule has 0 unspecified atom stereocenters. The number of nitrogens with zero attached hydrogens (tertiary/aromatic N) is 4. The Bertz CT molecular complexity index is 1440. The normalized spacial score (nSPS) is 11.2. The lowest BCUT2D eigenvalue weighted by Crippen LogP contribution is -1.99. The molecule has 0 saturated carbocycles. The summed E-state index contributed by atoms with van der Waals surface area (Å²) in [6, 6.07) is 18.6.